The van der Waals surface area contributed by atoms with E-state index < -0.39 is 26.9 Å². The Labute approximate surface area is 242 Å². The second-order valence-corrected chi connectivity index (χ2v) is 17.7. The quantitative estimate of drug-likeness (QED) is 0.391. The van der Waals surface area contributed by atoms with Crippen LogP contribution in [0.1, 0.15) is 46.6 Å². The number of hydrogen-bond acceptors (Lipinski definition) is 9. The minimum atomic E-state index is -2.14. The van der Waals surface area contributed by atoms with Gasteiger partial charge in [0.15, 0.2) is 14.1 Å². The highest BCUT2D eigenvalue weighted by atomic mass is 35.5. The second-order valence-electron chi connectivity index (χ2n) is 12.5. The molecule has 1 aromatic carbocycles. The minimum Gasteiger partial charge on any atom is -0.413 e. The van der Waals surface area contributed by atoms with E-state index in [1.54, 1.807) is 0 Å². The molecule has 0 amide bonds. The van der Waals surface area contributed by atoms with E-state index in [1.807, 2.05) is 19.9 Å². The molecule has 13 heteroatoms. The lowest BCUT2D eigenvalue weighted by Crippen LogP contribution is -2.43. The fraction of sp³-hybridized carbons (Fsp3) is 0.593. The van der Waals surface area contributed by atoms with Crippen LogP contribution in [0.25, 0.3) is 0 Å². The molecule has 2 aliphatic rings. The van der Waals surface area contributed by atoms with Crippen molar-refractivity contribution in [3.63, 3.8) is 0 Å². The first-order chi connectivity index (χ1) is 18.7. The van der Waals surface area contributed by atoms with Crippen molar-refractivity contribution in [1.29, 1.82) is 5.26 Å². The van der Waals surface area contributed by atoms with Gasteiger partial charge >= 0.3 is 7.12 Å². The van der Waals surface area contributed by atoms with Crippen LogP contribution < -0.4 is 16.1 Å². The Bertz CT molecular complexity index is 1270. The molecule has 2 atom stereocenters. The number of ether oxygens (including phenoxy) is 1. The Morgan fingerprint density at radius 1 is 1.32 bits per heavy atom. The third-order valence-corrected chi connectivity index (χ3v) is 12.5. The van der Waals surface area contributed by atoms with E-state index in [0.717, 1.165) is 0 Å². The summed E-state index contributed by atoms with van der Waals surface area (Å²) in [4.78, 5) is 8.78. The van der Waals surface area contributed by atoms with Crippen LogP contribution in [0.4, 0.5) is 21.8 Å². The summed E-state index contributed by atoms with van der Waals surface area (Å²) in [5.41, 5.74) is 0.865. The zero-order valence-corrected chi connectivity index (χ0v) is 26.0. The summed E-state index contributed by atoms with van der Waals surface area (Å²) in [6.07, 6.45) is 2.08. The van der Waals surface area contributed by atoms with E-state index in [-0.39, 0.29) is 29.6 Å². The Morgan fingerprint density at radius 3 is 2.73 bits per heavy atom. The van der Waals surface area contributed by atoms with Crippen molar-refractivity contribution in [3.05, 3.63) is 34.7 Å². The van der Waals surface area contributed by atoms with Crippen LogP contribution in [0.2, 0.25) is 23.2 Å². The van der Waals surface area contributed by atoms with Crippen molar-refractivity contribution in [1.82, 2.24) is 9.97 Å². The number of nitrogens with one attached hydrogen (secondary N) is 2. The van der Waals surface area contributed by atoms with Gasteiger partial charge < -0.3 is 29.1 Å². The Hall–Kier alpha value is -2.27. The van der Waals surface area contributed by atoms with Gasteiger partial charge in [-0.15, -0.1) is 0 Å². The second kappa shape index (κ2) is 11.9. The molecule has 0 radical (unpaired) electrons. The molecule has 2 N–H and O–H groups in total. The van der Waals surface area contributed by atoms with Crippen LogP contribution in [0, 0.1) is 23.1 Å². The van der Waals surface area contributed by atoms with Gasteiger partial charge in [0.25, 0.3) is 0 Å². The van der Waals surface area contributed by atoms with Gasteiger partial charge in [0.1, 0.15) is 10.8 Å². The van der Waals surface area contributed by atoms with Gasteiger partial charge in [-0.2, -0.15) is 10.2 Å². The van der Waals surface area contributed by atoms with Gasteiger partial charge in [0.05, 0.1) is 49.6 Å². The van der Waals surface area contributed by atoms with Crippen molar-refractivity contribution < 1.29 is 22.9 Å². The van der Waals surface area contributed by atoms with Crippen molar-refractivity contribution >= 4 is 50.0 Å². The molecule has 0 unspecified atom stereocenters. The van der Waals surface area contributed by atoms with Gasteiger partial charge in [-0.25, -0.2) is 9.37 Å². The van der Waals surface area contributed by atoms with Crippen molar-refractivity contribution in [2.24, 2.45) is 5.92 Å². The van der Waals surface area contributed by atoms with Crippen LogP contribution >= 0.6 is 11.6 Å². The lowest BCUT2D eigenvalue weighted by Gasteiger charge is -2.36. The summed E-state index contributed by atoms with van der Waals surface area (Å²) < 4.78 is 39.6. The van der Waals surface area contributed by atoms with Gasteiger partial charge in [-0.05, 0) is 56.1 Å². The zero-order valence-electron chi connectivity index (χ0n) is 24.2. The average molecular weight is 590 g/mol. The molecular formula is C27H38BClFN5O4Si. The lowest BCUT2D eigenvalue weighted by molar-refractivity contribution is 0.0698. The molecule has 2 saturated heterocycles. The van der Waals surface area contributed by atoms with Gasteiger partial charge in [-0.3, -0.25) is 0 Å². The fourth-order valence-corrected chi connectivity index (χ4v) is 5.34. The molecule has 0 aliphatic carbocycles. The average Bonchev–Trinajstić information content (AvgIpc) is 3.23. The lowest BCUT2D eigenvalue weighted by atomic mass is 9.75. The summed E-state index contributed by atoms with van der Waals surface area (Å²) in [7, 11) is -2.97. The maximum absolute atomic E-state index is 15.7. The third kappa shape index (κ3) is 7.13. The summed E-state index contributed by atoms with van der Waals surface area (Å²) in [5, 5.41) is 16.1. The van der Waals surface area contributed by atoms with Crippen molar-refractivity contribution in [3.8, 4) is 6.07 Å². The topological polar surface area (TPSA) is 111 Å². The van der Waals surface area contributed by atoms with E-state index in [2.05, 4.69) is 60.5 Å². The third-order valence-electron chi connectivity index (χ3n) is 7.70. The summed E-state index contributed by atoms with van der Waals surface area (Å²) in [5.74, 6) is -0.130. The van der Waals surface area contributed by atoms with Crippen LogP contribution in [0.15, 0.2) is 18.3 Å². The molecule has 1 aromatic heterocycles. The van der Waals surface area contributed by atoms with Crippen LogP contribution in [-0.4, -0.2) is 56.9 Å². The number of anilines is 3. The monoisotopic (exact) mass is 589 g/mol. The molecule has 0 saturated carbocycles. The number of halogens is 2. The predicted octanol–water partition coefficient (Wildman–Crippen LogP) is 5.40. The van der Waals surface area contributed by atoms with E-state index in [4.69, 9.17) is 30.1 Å². The highest BCUT2D eigenvalue weighted by Gasteiger charge is 2.42. The first-order valence-corrected chi connectivity index (χ1v) is 16.8. The highest BCUT2D eigenvalue weighted by Crippen LogP contribution is 2.37. The number of nitrogens with zero attached hydrogens (tertiary/aromatic N) is 3. The molecule has 4 rings (SSSR count). The standard InChI is InChI=1S/C27H38BClFN5O4Si/c1-26(2,3)40(6,7)38-14-18-10-19(11-21(30)23(18)28-37-16-27(4,5)39-28)33-25-32-13-20(29)24(35-25)34-22-15-36-9-8-17(22)12-31/h10-11,13,17,22H,8-9,14-16H2,1-7H3,(H2,32,33,34,35)/t17-,22+/m0/s1. The number of nitriles is 1. The molecule has 2 fully saturated rings. The van der Waals surface area contributed by atoms with E-state index in [0.29, 0.717) is 53.8 Å². The molecule has 2 aliphatic heterocycles. The number of hydrogen-bond donors (Lipinski definition) is 2. The first kappa shape index (κ1) is 30.7. The van der Waals surface area contributed by atoms with E-state index in [9.17, 15) is 5.26 Å². The number of rotatable bonds is 8. The minimum absolute atomic E-state index is 0.0155. The molecule has 2 aromatic rings. The summed E-state index contributed by atoms with van der Waals surface area (Å²) in [6.45, 7) is 16.1. The normalized spacial score (nSPS) is 21.2. The SMILES string of the molecule is CC1(C)COB(c2c(F)cc(Nc3ncc(Cl)c(N[C@@H]4COCC[C@H]4C#N)n3)cc2CO[Si](C)(C)C(C)(C)C)O1. The van der Waals surface area contributed by atoms with Gasteiger partial charge in [0, 0.05) is 17.8 Å². The molecular weight excluding hydrogens is 552 g/mol. The Balaban J connectivity index is 1.62. The summed E-state index contributed by atoms with van der Waals surface area (Å²) in [6, 6.07) is 5.24. The zero-order chi connectivity index (χ0) is 29.3. The van der Waals surface area contributed by atoms with Crippen LogP contribution in [0.3, 0.4) is 0 Å². The van der Waals surface area contributed by atoms with E-state index in [1.165, 1.54) is 12.3 Å². The Morgan fingerprint density at radius 2 is 2.08 bits per heavy atom. The smallest absolute Gasteiger partial charge is 0.413 e. The van der Waals surface area contributed by atoms with Crippen molar-refractivity contribution in [2.75, 3.05) is 30.5 Å². The molecule has 3 heterocycles. The van der Waals surface area contributed by atoms with Crippen LogP contribution in [-0.2, 0) is 25.1 Å². The van der Waals surface area contributed by atoms with Crippen LogP contribution in [0.5, 0.6) is 0 Å². The van der Waals surface area contributed by atoms with Gasteiger partial charge in [0.2, 0.25) is 5.95 Å². The Kier molecular flexibility index (Phi) is 9.14. The highest BCUT2D eigenvalue weighted by molar-refractivity contribution is 6.74. The van der Waals surface area contributed by atoms with Crippen molar-refractivity contribution in [2.45, 2.75) is 77.4 Å². The molecule has 216 valence electrons. The molecule has 0 bridgehead atoms. The maximum Gasteiger partial charge on any atom is 0.497 e. The van der Waals surface area contributed by atoms with E-state index >= 15 is 4.39 Å². The summed E-state index contributed by atoms with van der Waals surface area (Å²) >= 11 is 6.36. The predicted molar refractivity (Wildman–Crippen MR) is 157 cm³/mol. The molecule has 9 nitrogen and oxygen atoms in total. The number of benzene rings is 1. The largest absolute Gasteiger partial charge is 0.497 e. The molecule has 0 spiro atoms. The molecule has 40 heavy (non-hydrogen) atoms. The fourth-order valence-electron chi connectivity index (χ4n) is 4.25. The maximum atomic E-state index is 15.7. The first-order valence-electron chi connectivity index (χ1n) is 13.5. The van der Waals surface area contributed by atoms with Gasteiger partial charge in [-0.1, -0.05) is 32.4 Å². The number of aromatic nitrogens is 2.